The third-order valence-corrected chi connectivity index (χ3v) is 5.67. The Labute approximate surface area is 148 Å². The van der Waals surface area contributed by atoms with Gasteiger partial charge in [0.2, 0.25) is 15.9 Å². The number of anilines is 1. The average Bonchev–Trinajstić information content (AvgIpc) is 3.06. The van der Waals surface area contributed by atoms with Gasteiger partial charge in [-0.2, -0.15) is 0 Å². The largest absolute Gasteiger partial charge is 0.486 e. The van der Waals surface area contributed by atoms with Gasteiger partial charge in [0.1, 0.15) is 13.2 Å². The van der Waals surface area contributed by atoms with E-state index in [1.807, 2.05) is 0 Å². The Morgan fingerprint density at radius 1 is 1.20 bits per heavy atom. The third-order valence-electron chi connectivity index (χ3n) is 4.48. The van der Waals surface area contributed by atoms with Crippen molar-refractivity contribution in [1.29, 1.82) is 0 Å². The number of nitrogens with one attached hydrogen (secondary N) is 1. The van der Waals surface area contributed by atoms with Crippen LogP contribution in [0.1, 0.15) is 32.1 Å². The summed E-state index contributed by atoms with van der Waals surface area (Å²) in [4.78, 5) is 12.1. The molecule has 7 nitrogen and oxygen atoms in total. The van der Waals surface area contributed by atoms with Crippen LogP contribution in [0.3, 0.4) is 0 Å². The Bertz CT molecular complexity index is 729. The molecule has 0 aromatic heterocycles. The standard InChI is InChI=1S/C17H24N2O5S/c1-25(21,22)19(9-8-17(20)18-13-4-2-3-5-13)14-6-7-15-16(12-14)24-11-10-23-15/h6-7,12-13H,2-5,8-11H2,1H3,(H,18,20). The van der Waals surface area contributed by atoms with Crippen LogP contribution in [0.25, 0.3) is 0 Å². The molecular formula is C17H24N2O5S. The van der Waals surface area contributed by atoms with Crippen LogP contribution in [-0.2, 0) is 14.8 Å². The Hall–Kier alpha value is -1.96. The molecule has 0 atom stereocenters. The second-order valence-corrected chi connectivity index (χ2v) is 8.37. The van der Waals surface area contributed by atoms with Crippen LogP contribution in [0.5, 0.6) is 11.5 Å². The molecule has 3 rings (SSSR count). The molecule has 0 radical (unpaired) electrons. The Morgan fingerprint density at radius 3 is 2.56 bits per heavy atom. The summed E-state index contributed by atoms with van der Waals surface area (Å²) in [5.74, 6) is 1.01. The summed E-state index contributed by atoms with van der Waals surface area (Å²) in [5, 5.41) is 2.98. The first-order valence-electron chi connectivity index (χ1n) is 8.60. The quantitative estimate of drug-likeness (QED) is 0.826. The number of ether oxygens (including phenoxy) is 2. The van der Waals surface area contributed by atoms with Crippen molar-refractivity contribution in [2.75, 3.05) is 30.3 Å². The molecule has 1 fully saturated rings. The number of rotatable bonds is 6. The zero-order chi connectivity index (χ0) is 17.9. The molecule has 0 spiro atoms. The Morgan fingerprint density at radius 2 is 1.88 bits per heavy atom. The van der Waals surface area contributed by atoms with Crippen LogP contribution >= 0.6 is 0 Å². The molecule has 1 amide bonds. The number of hydrogen-bond donors (Lipinski definition) is 1. The Balaban J connectivity index is 1.68. The lowest BCUT2D eigenvalue weighted by Crippen LogP contribution is -2.37. The summed E-state index contributed by atoms with van der Waals surface area (Å²) < 4.78 is 36.6. The van der Waals surface area contributed by atoms with Gasteiger partial charge < -0.3 is 14.8 Å². The van der Waals surface area contributed by atoms with Crippen molar-refractivity contribution in [3.05, 3.63) is 18.2 Å². The minimum atomic E-state index is -3.51. The molecule has 1 aromatic rings. The van der Waals surface area contributed by atoms with Crippen molar-refractivity contribution in [1.82, 2.24) is 5.32 Å². The molecule has 1 heterocycles. The van der Waals surface area contributed by atoms with Crippen LogP contribution in [0.4, 0.5) is 5.69 Å². The first-order chi connectivity index (χ1) is 11.9. The molecule has 1 aromatic carbocycles. The van der Waals surface area contributed by atoms with Crippen LogP contribution in [-0.4, -0.2) is 46.4 Å². The molecule has 25 heavy (non-hydrogen) atoms. The highest BCUT2D eigenvalue weighted by Crippen LogP contribution is 2.34. The lowest BCUT2D eigenvalue weighted by molar-refractivity contribution is -0.121. The van der Waals surface area contributed by atoms with Crippen LogP contribution in [0.2, 0.25) is 0 Å². The number of hydrogen-bond acceptors (Lipinski definition) is 5. The molecule has 1 N–H and O–H groups in total. The molecule has 0 unspecified atom stereocenters. The number of nitrogens with zero attached hydrogens (tertiary/aromatic N) is 1. The van der Waals surface area contributed by atoms with Crippen molar-refractivity contribution in [3.63, 3.8) is 0 Å². The van der Waals surface area contributed by atoms with E-state index in [0.29, 0.717) is 30.4 Å². The van der Waals surface area contributed by atoms with Gasteiger partial charge in [-0.05, 0) is 25.0 Å². The molecule has 2 aliphatic rings. The number of amides is 1. The highest BCUT2D eigenvalue weighted by Gasteiger charge is 2.23. The fourth-order valence-corrected chi connectivity index (χ4v) is 4.17. The minimum absolute atomic E-state index is 0.0943. The maximum absolute atomic E-state index is 12.2. The zero-order valence-corrected chi connectivity index (χ0v) is 15.2. The number of sulfonamides is 1. The zero-order valence-electron chi connectivity index (χ0n) is 14.4. The normalized spacial score (nSPS) is 17.3. The van der Waals surface area contributed by atoms with Gasteiger partial charge in [0.25, 0.3) is 0 Å². The summed E-state index contributed by atoms with van der Waals surface area (Å²) in [6.45, 7) is 1.000. The predicted molar refractivity (Wildman–Crippen MR) is 94.6 cm³/mol. The van der Waals surface area contributed by atoms with E-state index in [1.165, 1.54) is 4.31 Å². The lowest BCUT2D eigenvalue weighted by Gasteiger charge is -2.25. The van der Waals surface area contributed by atoms with E-state index in [1.54, 1.807) is 18.2 Å². The van der Waals surface area contributed by atoms with Gasteiger partial charge in [0.15, 0.2) is 11.5 Å². The van der Waals surface area contributed by atoms with Crippen molar-refractivity contribution in [2.24, 2.45) is 0 Å². The van der Waals surface area contributed by atoms with Gasteiger partial charge in [0, 0.05) is 25.1 Å². The van der Waals surface area contributed by atoms with Gasteiger partial charge in [-0.1, -0.05) is 12.8 Å². The van der Waals surface area contributed by atoms with Crippen molar-refractivity contribution < 1.29 is 22.7 Å². The molecule has 0 saturated heterocycles. The summed E-state index contributed by atoms with van der Waals surface area (Å²) >= 11 is 0. The maximum atomic E-state index is 12.2. The van der Waals surface area contributed by atoms with Gasteiger partial charge in [-0.3, -0.25) is 9.10 Å². The second kappa shape index (κ2) is 7.51. The molecule has 1 saturated carbocycles. The van der Waals surface area contributed by atoms with Gasteiger partial charge >= 0.3 is 0 Å². The van der Waals surface area contributed by atoms with Crippen LogP contribution in [0, 0.1) is 0 Å². The van der Waals surface area contributed by atoms with Crippen LogP contribution in [0.15, 0.2) is 18.2 Å². The molecule has 0 bridgehead atoms. The summed E-state index contributed by atoms with van der Waals surface area (Å²) in [7, 11) is -3.51. The Kier molecular flexibility index (Phi) is 5.36. The summed E-state index contributed by atoms with van der Waals surface area (Å²) in [5.41, 5.74) is 0.473. The van der Waals surface area contributed by atoms with Gasteiger partial charge in [-0.15, -0.1) is 0 Å². The third kappa shape index (κ3) is 4.56. The van der Waals surface area contributed by atoms with Crippen LogP contribution < -0.4 is 19.1 Å². The van der Waals surface area contributed by atoms with Crippen molar-refractivity contribution >= 4 is 21.6 Å². The van der Waals surface area contributed by atoms with E-state index in [4.69, 9.17) is 9.47 Å². The highest BCUT2D eigenvalue weighted by atomic mass is 32.2. The van der Waals surface area contributed by atoms with E-state index in [2.05, 4.69) is 5.32 Å². The van der Waals surface area contributed by atoms with E-state index in [-0.39, 0.29) is 24.9 Å². The fourth-order valence-electron chi connectivity index (χ4n) is 3.25. The minimum Gasteiger partial charge on any atom is -0.486 e. The van der Waals surface area contributed by atoms with Gasteiger partial charge in [-0.25, -0.2) is 8.42 Å². The summed E-state index contributed by atoms with van der Waals surface area (Å²) in [6, 6.07) is 5.24. The molecular weight excluding hydrogens is 344 g/mol. The van der Waals surface area contributed by atoms with E-state index >= 15 is 0 Å². The highest BCUT2D eigenvalue weighted by molar-refractivity contribution is 7.92. The predicted octanol–water partition coefficient (Wildman–Crippen LogP) is 1.67. The molecule has 1 aliphatic heterocycles. The lowest BCUT2D eigenvalue weighted by atomic mass is 10.2. The molecule has 1 aliphatic carbocycles. The number of benzene rings is 1. The topological polar surface area (TPSA) is 84.9 Å². The van der Waals surface area contributed by atoms with E-state index in [9.17, 15) is 13.2 Å². The number of fused-ring (bicyclic) bond motifs is 1. The first-order valence-corrected chi connectivity index (χ1v) is 10.4. The second-order valence-electron chi connectivity index (χ2n) is 6.46. The average molecular weight is 368 g/mol. The smallest absolute Gasteiger partial charge is 0.232 e. The first kappa shape index (κ1) is 17.8. The van der Waals surface area contributed by atoms with E-state index < -0.39 is 10.0 Å². The molecule has 8 heteroatoms. The van der Waals surface area contributed by atoms with E-state index in [0.717, 1.165) is 31.9 Å². The van der Waals surface area contributed by atoms with Gasteiger partial charge in [0.05, 0.1) is 11.9 Å². The van der Waals surface area contributed by atoms with Crippen molar-refractivity contribution in [2.45, 2.75) is 38.1 Å². The SMILES string of the molecule is CS(=O)(=O)N(CCC(=O)NC1CCCC1)c1ccc2c(c1)OCCO2. The number of carbonyl (C=O) groups excluding carboxylic acids is 1. The monoisotopic (exact) mass is 368 g/mol. The molecule has 138 valence electrons. The number of carbonyl (C=O) groups is 1. The van der Waals surface area contributed by atoms with Crippen molar-refractivity contribution in [3.8, 4) is 11.5 Å². The fraction of sp³-hybridized carbons (Fsp3) is 0.588. The summed E-state index contributed by atoms with van der Waals surface area (Å²) in [6.07, 6.45) is 5.54. The maximum Gasteiger partial charge on any atom is 0.232 e.